The predicted octanol–water partition coefficient (Wildman–Crippen LogP) is 1.92. The highest BCUT2D eigenvalue weighted by Gasteiger charge is 2.24. The Hall–Kier alpha value is -0.830. The van der Waals surface area contributed by atoms with Crippen molar-refractivity contribution >= 4 is 26.0 Å². The number of nitrogens with one attached hydrogen (secondary N) is 1. The Morgan fingerprint density at radius 3 is 2.62 bits per heavy atom. The monoisotopic (exact) mass is 379 g/mol. The van der Waals surface area contributed by atoms with Gasteiger partial charge in [0.15, 0.2) is 0 Å². The van der Waals surface area contributed by atoms with E-state index in [4.69, 9.17) is 14.2 Å². The van der Waals surface area contributed by atoms with Gasteiger partial charge in [0.2, 0.25) is 10.0 Å². The van der Waals surface area contributed by atoms with Crippen molar-refractivity contribution in [3.8, 4) is 11.5 Å². The van der Waals surface area contributed by atoms with E-state index in [0.717, 1.165) is 12.8 Å². The molecule has 1 atom stereocenters. The minimum Gasteiger partial charge on any atom is -0.496 e. The molecule has 1 unspecified atom stereocenters. The summed E-state index contributed by atoms with van der Waals surface area (Å²) in [5.41, 5.74) is 0. The van der Waals surface area contributed by atoms with Gasteiger partial charge in [0.05, 0.1) is 24.8 Å². The molecule has 0 aromatic heterocycles. The predicted molar refractivity (Wildman–Crippen MR) is 81.4 cm³/mol. The molecular weight excluding hydrogens is 362 g/mol. The SMILES string of the molecule is COc1cc(S(=O)(=O)NCC2CCCO2)c(OC)cc1Br. The van der Waals surface area contributed by atoms with Crippen molar-refractivity contribution in [2.75, 3.05) is 27.4 Å². The molecule has 1 aromatic rings. The smallest absolute Gasteiger partial charge is 0.244 e. The summed E-state index contributed by atoms with van der Waals surface area (Å²) in [7, 11) is -0.797. The molecule has 0 saturated carbocycles. The first-order valence-electron chi connectivity index (χ1n) is 6.50. The summed E-state index contributed by atoms with van der Waals surface area (Å²) in [5, 5.41) is 0. The lowest BCUT2D eigenvalue weighted by Crippen LogP contribution is -2.32. The molecule has 1 heterocycles. The summed E-state index contributed by atoms with van der Waals surface area (Å²) in [4.78, 5) is 0.0445. The van der Waals surface area contributed by atoms with Gasteiger partial charge in [-0.25, -0.2) is 13.1 Å². The highest BCUT2D eigenvalue weighted by molar-refractivity contribution is 9.10. The normalized spacial score (nSPS) is 18.7. The number of methoxy groups -OCH3 is 2. The molecule has 2 rings (SSSR count). The van der Waals surface area contributed by atoms with E-state index < -0.39 is 10.0 Å². The van der Waals surface area contributed by atoms with Gasteiger partial charge in [0.1, 0.15) is 16.4 Å². The molecule has 0 radical (unpaired) electrons. The highest BCUT2D eigenvalue weighted by atomic mass is 79.9. The number of sulfonamides is 1. The summed E-state index contributed by atoms with van der Waals surface area (Å²) >= 11 is 3.30. The molecule has 0 bridgehead atoms. The Labute approximate surface area is 132 Å². The van der Waals surface area contributed by atoms with Gasteiger partial charge in [-0.1, -0.05) is 0 Å². The largest absolute Gasteiger partial charge is 0.496 e. The van der Waals surface area contributed by atoms with Crippen LogP contribution in [0.15, 0.2) is 21.5 Å². The number of ether oxygens (including phenoxy) is 3. The molecule has 1 aliphatic heterocycles. The second kappa shape index (κ2) is 6.95. The molecule has 0 aliphatic carbocycles. The Balaban J connectivity index is 2.25. The third-order valence-electron chi connectivity index (χ3n) is 3.25. The standard InChI is InChI=1S/C13H18BrNO5S/c1-18-11-7-13(12(19-2)6-10(11)14)21(16,17)15-8-9-4-3-5-20-9/h6-7,9,15H,3-5,8H2,1-2H3. The summed E-state index contributed by atoms with van der Waals surface area (Å²) in [6.45, 7) is 0.936. The van der Waals surface area contributed by atoms with E-state index in [2.05, 4.69) is 20.7 Å². The molecule has 1 N–H and O–H groups in total. The van der Waals surface area contributed by atoms with E-state index >= 15 is 0 Å². The number of benzene rings is 1. The summed E-state index contributed by atoms with van der Waals surface area (Å²) in [6, 6.07) is 3.00. The van der Waals surface area contributed by atoms with Crippen molar-refractivity contribution in [1.82, 2.24) is 4.72 Å². The van der Waals surface area contributed by atoms with Gasteiger partial charge in [-0.15, -0.1) is 0 Å². The second-order valence-electron chi connectivity index (χ2n) is 4.62. The summed E-state index contributed by atoms with van der Waals surface area (Å²) in [5.74, 6) is 0.677. The molecule has 0 spiro atoms. The number of hydrogen-bond acceptors (Lipinski definition) is 5. The van der Waals surface area contributed by atoms with Crippen molar-refractivity contribution in [3.63, 3.8) is 0 Å². The van der Waals surface area contributed by atoms with Crippen LogP contribution in [0.3, 0.4) is 0 Å². The molecular formula is C13H18BrNO5S. The lowest BCUT2D eigenvalue weighted by Gasteiger charge is -2.15. The van der Waals surface area contributed by atoms with Crippen LogP contribution in [0.1, 0.15) is 12.8 Å². The first-order chi connectivity index (χ1) is 9.97. The lowest BCUT2D eigenvalue weighted by atomic mass is 10.2. The quantitative estimate of drug-likeness (QED) is 0.817. The zero-order chi connectivity index (χ0) is 15.5. The van der Waals surface area contributed by atoms with E-state index in [-0.39, 0.29) is 23.3 Å². The fourth-order valence-electron chi connectivity index (χ4n) is 2.13. The Kier molecular flexibility index (Phi) is 5.48. The van der Waals surface area contributed by atoms with Crippen LogP contribution in [0.2, 0.25) is 0 Å². The van der Waals surface area contributed by atoms with Crippen LogP contribution in [-0.2, 0) is 14.8 Å². The van der Waals surface area contributed by atoms with Crippen LogP contribution < -0.4 is 14.2 Å². The molecule has 1 aromatic carbocycles. The van der Waals surface area contributed by atoms with E-state index in [1.165, 1.54) is 20.3 Å². The lowest BCUT2D eigenvalue weighted by molar-refractivity contribution is 0.114. The van der Waals surface area contributed by atoms with Crippen molar-refractivity contribution in [1.29, 1.82) is 0 Å². The Morgan fingerprint density at radius 2 is 2.05 bits per heavy atom. The molecule has 118 valence electrons. The van der Waals surface area contributed by atoms with Gasteiger partial charge >= 0.3 is 0 Å². The fourth-order valence-corrected chi connectivity index (χ4v) is 3.84. The van der Waals surface area contributed by atoms with Crippen molar-refractivity contribution in [2.24, 2.45) is 0 Å². The van der Waals surface area contributed by atoms with Gasteiger partial charge in [0, 0.05) is 19.2 Å². The number of rotatable bonds is 6. The van der Waals surface area contributed by atoms with Gasteiger partial charge in [-0.3, -0.25) is 0 Å². The molecule has 0 amide bonds. The molecule has 8 heteroatoms. The minimum absolute atomic E-state index is 0.0445. The maximum absolute atomic E-state index is 12.4. The second-order valence-corrected chi connectivity index (χ2v) is 7.21. The topological polar surface area (TPSA) is 73.9 Å². The third kappa shape index (κ3) is 3.88. The van der Waals surface area contributed by atoms with Gasteiger partial charge < -0.3 is 14.2 Å². The van der Waals surface area contributed by atoms with Gasteiger partial charge in [-0.2, -0.15) is 0 Å². The summed E-state index contributed by atoms with van der Waals surface area (Å²) in [6.07, 6.45) is 1.76. The molecule has 1 aliphatic rings. The minimum atomic E-state index is -3.70. The maximum Gasteiger partial charge on any atom is 0.244 e. The van der Waals surface area contributed by atoms with Crippen LogP contribution in [-0.4, -0.2) is 41.9 Å². The van der Waals surface area contributed by atoms with Crippen LogP contribution in [0.4, 0.5) is 0 Å². The van der Waals surface area contributed by atoms with Gasteiger partial charge in [0.25, 0.3) is 0 Å². The Morgan fingerprint density at radius 1 is 1.33 bits per heavy atom. The van der Waals surface area contributed by atoms with E-state index in [1.54, 1.807) is 6.07 Å². The average Bonchev–Trinajstić information content (AvgIpc) is 2.98. The van der Waals surface area contributed by atoms with Crippen LogP contribution in [0.5, 0.6) is 11.5 Å². The van der Waals surface area contributed by atoms with Crippen LogP contribution in [0.25, 0.3) is 0 Å². The maximum atomic E-state index is 12.4. The van der Waals surface area contributed by atoms with Crippen LogP contribution >= 0.6 is 15.9 Å². The van der Waals surface area contributed by atoms with Crippen LogP contribution in [0, 0.1) is 0 Å². The molecule has 1 fully saturated rings. The molecule has 1 saturated heterocycles. The van der Waals surface area contributed by atoms with E-state index in [1.807, 2.05) is 0 Å². The molecule has 6 nitrogen and oxygen atoms in total. The number of hydrogen-bond donors (Lipinski definition) is 1. The third-order valence-corrected chi connectivity index (χ3v) is 5.32. The van der Waals surface area contributed by atoms with E-state index in [0.29, 0.717) is 16.8 Å². The van der Waals surface area contributed by atoms with Crippen molar-refractivity contribution in [2.45, 2.75) is 23.8 Å². The highest BCUT2D eigenvalue weighted by Crippen LogP contribution is 2.35. The van der Waals surface area contributed by atoms with Gasteiger partial charge in [-0.05, 0) is 34.8 Å². The van der Waals surface area contributed by atoms with Crippen molar-refractivity contribution < 1.29 is 22.6 Å². The zero-order valence-electron chi connectivity index (χ0n) is 11.9. The van der Waals surface area contributed by atoms with E-state index in [9.17, 15) is 8.42 Å². The molecule has 21 heavy (non-hydrogen) atoms. The summed E-state index contributed by atoms with van der Waals surface area (Å²) < 4.78 is 43.7. The first-order valence-corrected chi connectivity index (χ1v) is 8.78. The average molecular weight is 380 g/mol. The number of halogens is 1. The first kappa shape index (κ1) is 16.5. The Bertz CT molecular complexity index is 599. The van der Waals surface area contributed by atoms with Crippen molar-refractivity contribution in [3.05, 3.63) is 16.6 Å². The fraction of sp³-hybridized carbons (Fsp3) is 0.538. The zero-order valence-corrected chi connectivity index (χ0v) is 14.3.